The van der Waals surface area contributed by atoms with E-state index in [2.05, 4.69) is 12.2 Å². The fourth-order valence-electron chi connectivity index (χ4n) is 1.58. The van der Waals surface area contributed by atoms with Crippen molar-refractivity contribution in [3.63, 3.8) is 0 Å². The van der Waals surface area contributed by atoms with Crippen molar-refractivity contribution in [3.8, 4) is 11.5 Å². The zero-order valence-electron chi connectivity index (χ0n) is 11.5. The Hall–Kier alpha value is -1.26. The van der Waals surface area contributed by atoms with Crippen LogP contribution in [-0.4, -0.2) is 33.5 Å². The van der Waals surface area contributed by atoms with Gasteiger partial charge in [0.15, 0.2) is 0 Å². The van der Waals surface area contributed by atoms with Crippen molar-refractivity contribution in [1.82, 2.24) is 5.32 Å². The highest BCUT2D eigenvalue weighted by molar-refractivity contribution is 5.40. The van der Waals surface area contributed by atoms with Gasteiger partial charge in [-0.2, -0.15) is 0 Å². The van der Waals surface area contributed by atoms with E-state index in [9.17, 15) is 0 Å². The van der Waals surface area contributed by atoms with Crippen LogP contribution >= 0.6 is 0 Å². The van der Waals surface area contributed by atoms with Gasteiger partial charge in [0.05, 0.1) is 13.7 Å². The van der Waals surface area contributed by atoms with E-state index in [-0.39, 0.29) is 0 Å². The van der Waals surface area contributed by atoms with Crippen molar-refractivity contribution in [3.05, 3.63) is 23.8 Å². The lowest BCUT2D eigenvalue weighted by Crippen LogP contribution is -2.14. The second-order valence-electron chi connectivity index (χ2n) is 3.80. The average Bonchev–Trinajstić information content (AvgIpc) is 2.42. The van der Waals surface area contributed by atoms with E-state index in [0.29, 0.717) is 13.2 Å². The summed E-state index contributed by atoms with van der Waals surface area (Å²) in [5.74, 6) is 1.73. The molecule has 4 nitrogen and oxygen atoms in total. The molecule has 0 amide bonds. The number of hydrogen-bond donors (Lipinski definition) is 1. The molecule has 0 aromatic heterocycles. The van der Waals surface area contributed by atoms with Gasteiger partial charge < -0.3 is 19.5 Å². The number of rotatable bonds is 9. The Balaban J connectivity index is 2.62. The van der Waals surface area contributed by atoms with Crippen molar-refractivity contribution in [2.24, 2.45) is 0 Å². The van der Waals surface area contributed by atoms with Crippen LogP contribution in [0.15, 0.2) is 18.2 Å². The molecule has 0 fully saturated rings. The van der Waals surface area contributed by atoms with Gasteiger partial charge >= 0.3 is 0 Å². The monoisotopic (exact) mass is 253 g/mol. The molecular formula is C14H23NO3. The molecule has 0 atom stereocenters. The Labute approximate surface area is 109 Å². The number of hydrogen-bond acceptors (Lipinski definition) is 4. The standard InChI is InChI=1S/C14H23NO3/c1-4-15-11-12-10-13(16-3)6-7-14(12)18-9-8-17-5-2/h6-7,10,15H,4-5,8-9,11H2,1-3H3. The SMILES string of the molecule is CCNCc1cc(OC)ccc1OCCOCC. The minimum atomic E-state index is 0.569. The normalized spacial score (nSPS) is 10.4. The number of methoxy groups -OCH3 is 1. The summed E-state index contributed by atoms with van der Waals surface area (Å²) in [6, 6.07) is 5.85. The predicted molar refractivity (Wildman–Crippen MR) is 72.4 cm³/mol. The van der Waals surface area contributed by atoms with Gasteiger partial charge in [0.2, 0.25) is 0 Å². The molecule has 1 N–H and O–H groups in total. The maximum atomic E-state index is 5.72. The van der Waals surface area contributed by atoms with Crippen LogP contribution in [0.3, 0.4) is 0 Å². The number of nitrogens with one attached hydrogen (secondary N) is 1. The second kappa shape index (κ2) is 8.78. The van der Waals surface area contributed by atoms with Gasteiger partial charge in [-0.25, -0.2) is 0 Å². The summed E-state index contributed by atoms with van der Waals surface area (Å²) >= 11 is 0. The first kappa shape index (κ1) is 14.8. The highest BCUT2D eigenvalue weighted by Crippen LogP contribution is 2.24. The second-order valence-corrected chi connectivity index (χ2v) is 3.80. The Bertz CT molecular complexity index is 342. The molecule has 0 aliphatic rings. The van der Waals surface area contributed by atoms with Crippen LogP contribution < -0.4 is 14.8 Å². The van der Waals surface area contributed by atoms with Gasteiger partial charge in [-0.05, 0) is 31.7 Å². The predicted octanol–water partition coefficient (Wildman–Crippen LogP) is 2.22. The van der Waals surface area contributed by atoms with Gasteiger partial charge in [-0.3, -0.25) is 0 Å². The Morgan fingerprint density at radius 1 is 1.17 bits per heavy atom. The van der Waals surface area contributed by atoms with Crippen molar-refractivity contribution in [2.75, 3.05) is 33.5 Å². The molecule has 0 radical (unpaired) electrons. The summed E-state index contributed by atoms with van der Waals surface area (Å²) in [5.41, 5.74) is 1.10. The minimum Gasteiger partial charge on any atom is -0.497 e. The largest absolute Gasteiger partial charge is 0.497 e. The lowest BCUT2D eigenvalue weighted by molar-refractivity contribution is 0.110. The van der Waals surface area contributed by atoms with Crippen LogP contribution in [0.2, 0.25) is 0 Å². The third kappa shape index (κ3) is 4.94. The van der Waals surface area contributed by atoms with E-state index in [1.165, 1.54) is 0 Å². The molecule has 1 aromatic carbocycles. The zero-order valence-corrected chi connectivity index (χ0v) is 11.5. The maximum absolute atomic E-state index is 5.72. The van der Waals surface area contributed by atoms with Gasteiger partial charge in [0, 0.05) is 18.7 Å². The molecule has 0 bridgehead atoms. The van der Waals surface area contributed by atoms with Crippen LogP contribution in [0.1, 0.15) is 19.4 Å². The summed E-state index contributed by atoms with van der Waals surface area (Å²) in [6.45, 7) is 7.66. The van der Waals surface area contributed by atoms with Crippen molar-refractivity contribution >= 4 is 0 Å². The molecule has 0 aliphatic carbocycles. The fraction of sp³-hybridized carbons (Fsp3) is 0.571. The minimum absolute atomic E-state index is 0.569. The van der Waals surface area contributed by atoms with E-state index in [1.807, 2.05) is 25.1 Å². The molecule has 0 saturated heterocycles. The quantitative estimate of drug-likeness (QED) is 0.685. The molecule has 1 rings (SSSR count). The van der Waals surface area contributed by atoms with Crippen LogP contribution in [0.25, 0.3) is 0 Å². The first-order chi connectivity index (χ1) is 8.81. The zero-order chi connectivity index (χ0) is 13.2. The molecule has 0 heterocycles. The topological polar surface area (TPSA) is 39.7 Å². The first-order valence-corrected chi connectivity index (χ1v) is 6.40. The van der Waals surface area contributed by atoms with Crippen molar-refractivity contribution in [1.29, 1.82) is 0 Å². The van der Waals surface area contributed by atoms with E-state index in [1.54, 1.807) is 7.11 Å². The van der Waals surface area contributed by atoms with E-state index in [4.69, 9.17) is 14.2 Å². The Kier molecular flexibility index (Phi) is 7.22. The average molecular weight is 253 g/mol. The summed E-state index contributed by atoms with van der Waals surface area (Å²) < 4.78 is 16.2. The van der Waals surface area contributed by atoms with Gasteiger partial charge in [-0.1, -0.05) is 6.92 Å². The molecule has 0 unspecified atom stereocenters. The Morgan fingerprint density at radius 3 is 2.67 bits per heavy atom. The van der Waals surface area contributed by atoms with Crippen LogP contribution in [0.5, 0.6) is 11.5 Å². The van der Waals surface area contributed by atoms with E-state index < -0.39 is 0 Å². The van der Waals surface area contributed by atoms with Crippen LogP contribution in [0.4, 0.5) is 0 Å². The highest BCUT2D eigenvalue weighted by Gasteiger charge is 2.05. The molecule has 0 saturated carbocycles. The van der Waals surface area contributed by atoms with Crippen LogP contribution in [-0.2, 0) is 11.3 Å². The third-order valence-electron chi connectivity index (χ3n) is 2.52. The molecule has 4 heteroatoms. The first-order valence-electron chi connectivity index (χ1n) is 6.40. The summed E-state index contributed by atoms with van der Waals surface area (Å²) in [7, 11) is 1.67. The Morgan fingerprint density at radius 2 is 2.00 bits per heavy atom. The van der Waals surface area contributed by atoms with Gasteiger partial charge in [0.1, 0.15) is 18.1 Å². The van der Waals surface area contributed by atoms with Crippen molar-refractivity contribution in [2.45, 2.75) is 20.4 Å². The smallest absolute Gasteiger partial charge is 0.124 e. The third-order valence-corrected chi connectivity index (χ3v) is 2.52. The molecular weight excluding hydrogens is 230 g/mol. The number of benzene rings is 1. The lowest BCUT2D eigenvalue weighted by Gasteiger charge is -2.13. The van der Waals surface area contributed by atoms with E-state index in [0.717, 1.165) is 36.8 Å². The summed E-state index contributed by atoms with van der Waals surface area (Å²) in [6.07, 6.45) is 0. The van der Waals surface area contributed by atoms with Crippen LogP contribution in [0, 0.1) is 0 Å². The summed E-state index contributed by atoms with van der Waals surface area (Å²) in [4.78, 5) is 0. The summed E-state index contributed by atoms with van der Waals surface area (Å²) in [5, 5.41) is 3.29. The molecule has 0 aliphatic heterocycles. The van der Waals surface area contributed by atoms with Crippen molar-refractivity contribution < 1.29 is 14.2 Å². The van der Waals surface area contributed by atoms with E-state index >= 15 is 0 Å². The molecule has 18 heavy (non-hydrogen) atoms. The molecule has 0 spiro atoms. The van der Waals surface area contributed by atoms with Gasteiger partial charge in [-0.15, -0.1) is 0 Å². The molecule has 102 valence electrons. The van der Waals surface area contributed by atoms with Gasteiger partial charge in [0.25, 0.3) is 0 Å². The lowest BCUT2D eigenvalue weighted by atomic mass is 10.2. The number of ether oxygens (including phenoxy) is 3. The highest BCUT2D eigenvalue weighted by atomic mass is 16.5. The maximum Gasteiger partial charge on any atom is 0.124 e. The fourth-order valence-corrected chi connectivity index (χ4v) is 1.58. The molecule has 1 aromatic rings.